The first-order chi connectivity index (χ1) is 7.07. The van der Waals surface area contributed by atoms with E-state index in [1.165, 1.54) is 32.1 Å². The van der Waals surface area contributed by atoms with Gasteiger partial charge >= 0.3 is 0 Å². The minimum absolute atomic E-state index is 0.274. The van der Waals surface area contributed by atoms with E-state index in [9.17, 15) is 0 Å². The van der Waals surface area contributed by atoms with Crippen LogP contribution in [0.5, 0.6) is 0 Å². The van der Waals surface area contributed by atoms with Crippen molar-refractivity contribution in [3.8, 4) is 12.3 Å². The van der Waals surface area contributed by atoms with Gasteiger partial charge in [0, 0.05) is 6.04 Å². The molecule has 0 saturated heterocycles. The maximum Gasteiger partial charge on any atom is 0.0686 e. The Morgan fingerprint density at radius 3 is 2.73 bits per heavy atom. The van der Waals surface area contributed by atoms with Gasteiger partial charge < -0.3 is 5.32 Å². The van der Waals surface area contributed by atoms with Crippen molar-refractivity contribution in [2.75, 3.05) is 0 Å². The van der Waals surface area contributed by atoms with Gasteiger partial charge in [0.25, 0.3) is 0 Å². The van der Waals surface area contributed by atoms with Gasteiger partial charge in [0.2, 0.25) is 0 Å². The quantitative estimate of drug-likeness (QED) is 0.553. The van der Waals surface area contributed by atoms with Crippen molar-refractivity contribution in [3.05, 3.63) is 0 Å². The first kappa shape index (κ1) is 12.6. The summed E-state index contributed by atoms with van der Waals surface area (Å²) < 4.78 is 0. The highest BCUT2D eigenvalue weighted by Gasteiger charge is 2.24. The molecule has 0 amide bonds. The maximum absolute atomic E-state index is 5.48. The molecule has 1 fully saturated rings. The van der Waals surface area contributed by atoms with Gasteiger partial charge in [0.05, 0.1) is 6.04 Å². The Morgan fingerprint density at radius 2 is 2.13 bits per heavy atom. The van der Waals surface area contributed by atoms with Gasteiger partial charge in [0.1, 0.15) is 0 Å². The Balaban J connectivity index is 2.41. The zero-order valence-corrected chi connectivity index (χ0v) is 10.5. The highest BCUT2D eigenvalue weighted by molar-refractivity contribution is 4.99. The van der Waals surface area contributed by atoms with Gasteiger partial charge in [-0.25, -0.2) is 0 Å². The third kappa shape index (κ3) is 4.26. The lowest BCUT2D eigenvalue weighted by Gasteiger charge is -2.23. The smallest absolute Gasteiger partial charge is 0.0686 e. The van der Waals surface area contributed by atoms with Crippen LogP contribution in [0, 0.1) is 17.8 Å². The van der Waals surface area contributed by atoms with E-state index in [1.54, 1.807) is 0 Å². The third-order valence-corrected chi connectivity index (χ3v) is 3.62. The van der Waals surface area contributed by atoms with Crippen LogP contribution in [0.2, 0.25) is 0 Å². The van der Waals surface area contributed by atoms with Crippen LogP contribution in [0.3, 0.4) is 0 Å². The Labute approximate surface area is 95.0 Å². The molecule has 2 atom stereocenters. The van der Waals surface area contributed by atoms with E-state index in [0.717, 1.165) is 6.42 Å². The highest BCUT2D eigenvalue weighted by Crippen LogP contribution is 2.33. The lowest BCUT2D eigenvalue weighted by Crippen LogP contribution is -2.36. The average molecular weight is 207 g/mol. The predicted molar refractivity (Wildman–Crippen MR) is 66.7 cm³/mol. The van der Waals surface area contributed by atoms with E-state index in [4.69, 9.17) is 6.42 Å². The van der Waals surface area contributed by atoms with Crippen molar-refractivity contribution in [1.82, 2.24) is 5.32 Å². The van der Waals surface area contributed by atoms with Crippen molar-refractivity contribution >= 4 is 0 Å². The molecule has 86 valence electrons. The fourth-order valence-electron chi connectivity index (χ4n) is 2.40. The minimum atomic E-state index is 0.274. The second-order valence-corrected chi connectivity index (χ2v) is 5.59. The molecular weight excluding hydrogens is 182 g/mol. The predicted octanol–water partition coefficient (Wildman–Crippen LogP) is 3.35. The molecule has 0 spiro atoms. The second kappa shape index (κ2) is 5.56. The summed E-state index contributed by atoms with van der Waals surface area (Å²) in [4.78, 5) is 0. The van der Waals surface area contributed by atoms with Gasteiger partial charge in [-0.3, -0.25) is 0 Å². The fraction of sp³-hybridized carbons (Fsp3) is 0.857. The molecule has 1 rings (SSSR count). The molecular formula is C14H25N. The summed E-state index contributed by atoms with van der Waals surface area (Å²) in [6, 6.07) is 0.920. The molecule has 0 aliphatic heterocycles. The van der Waals surface area contributed by atoms with Gasteiger partial charge in [-0.2, -0.15) is 0 Å². The van der Waals surface area contributed by atoms with E-state index in [0.29, 0.717) is 11.5 Å². The third-order valence-electron chi connectivity index (χ3n) is 3.62. The van der Waals surface area contributed by atoms with Crippen LogP contribution < -0.4 is 5.32 Å². The summed E-state index contributed by atoms with van der Waals surface area (Å²) in [5.41, 5.74) is 0.536. The molecule has 1 saturated carbocycles. The average Bonchev–Trinajstić information content (AvgIpc) is 2.36. The molecule has 0 aromatic carbocycles. The second-order valence-electron chi connectivity index (χ2n) is 5.59. The largest absolute Gasteiger partial charge is 0.301 e. The van der Waals surface area contributed by atoms with Crippen LogP contribution in [0.1, 0.15) is 59.3 Å². The van der Waals surface area contributed by atoms with E-state index in [-0.39, 0.29) is 6.04 Å². The summed E-state index contributed by atoms with van der Waals surface area (Å²) in [6.45, 7) is 6.92. The van der Waals surface area contributed by atoms with Crippen LogP contribution in [0.4, 0.5) is 0 Å². The Bertz CT molecular complexity index is 224. The van der Waals surface area contributed by atoms with E-state index in [1.807, 2.05) is 0 Å². The molecule has 0 heterocycles. The minimum Gasteiger partial charge on any atom is -0.301 e. The highest BCUT2D eigenvalue weighted by atomic mass is 14.9. The lowest BCUT2D eigenvalue weighted by molar-refractivity contribution is 0.308. The molecule has 0 aromatic heterocycles. The number of hydrogen-bond acceptors (Lipinski definition) is 1. The molecule has 2 unspecified atom stereocenters. The standard InChI is InChI=1S/C14H25N/c1-5-12(6-2)15-13-8-7-10-14(3,4)11-9-13/h1,12-13,15H,6-11H2,2-4H3. The van der Waals surface area contributed by atoms with Crippen molar-refractivity contribution in [3.63, 3.8) is 0 Å². The van der Waals surface area contributed by atoms with E-state index >= 15 is 0 Å². The lowest BCUT2D eigenvalue weighted by atomic mass is 9.85. The first-order valence-electron chi connectivity index (χ1n) is 6.29. The molecule has 1 N–H and O–H groups in total. The van der Waals surface area contributed by atoms with Crippen molar-refractivity contribution in [1.29, 1.82) is 0 Å². The molecule has 1 aliphatic carbocycles. The van der Waals surface area contributed by atoms with Crippen LogP contribution in [-0.2, 0) is 0 Å². The van der Waals surface area contributed by atoms with Crippen molar-refractivity contribution in [2.24, 2.45) is 5.41 Å². The number of hydrogen-bond donors (Lipinski definition) is 1. The summed E-state index contributed by atoms with van der Waals surface area (Å²) in [5.74, 6) is 2.83. The van der Waals surface area contributed by atoms with Crippen LogP contribution in [0.25, 0.3) is 0 Å². The van der Waals surface area contributed by atoms with Gasteiger partial charge in [-0.1, -0.05) is 33.1 Å². The van der Waals surface area contributed by atoms with Crippen LogP contribution in [-0.4, -0.2) is 12.1 Å². The molecule has 0 bridgehead atoms. The van der Waals surface area contributed by atoms with Gasteiger partial charge in [-0.15, -0.1) is 6.42 Å². The Hall–Kier alpha value is -0.480. The molecule has 1 heteroatoms. The molecule has 1 nitrogen and oxygen atoms in total. The van der Waals surface area contributed by atoms with Crippen LogP contribution in [0.15, 0.2) is 0 Å². The van der Waals surface area contributed by atoms with Gasteiger partial charge in [0.15, 0.2) is 0 Å². The number of rotatable bonds is 3. The monoisotopic (exact) mass is 207 g/mol. The number of terminal acetylenes is 1. The molecule has 0 radical (unpaired) electrons. The zero-order chi connectivity index (χ0) is 11.3. The summed E-state index contributed by atoms with van der Waals surface area (Å²) in [6.07, 6.45) is 13.1. The van der Waals surface area contributed by atoms with Gasteiger partial charge in [-0.05, 0) is 37.5 Å². The zero-order valence-electron chi connectivity index (χ0n) is 10.5. The Kier molecular flexibility index (Phi) is 4.67. The summed E-state index contributed by atoms with van der Waals surface area (Å²) in [5, 5.41) is 3.60. The summed E-state index contributed by atoms with van der Waals surface area (Å²) in [7, 11) is 0. The van der Waals surface area contributed by atoms with Crippen molar-refractivity contribution in [2.45, 2.75) is 71.4 Å². The summed E-state index contributed by atoms with van der Waals surface area (Å²) >= 11 is 0. The first-order valence-corrected chi connectivity index (χ1v) is 6.29. The number of nitrogens with one attached hydrogen (secondary N) is 1. The van der Waals surface area contributed by atoms with Crippen molar-refractivity contribution < 1.29 is 0 Å². The SMILES string of the molecule is C#CC(CC)NC1CCCC(C)(C)CC1. The van der Waals surface area contributed by atoms with E-state index in [2.05, 4.69) is 32.0 Å². The molecule has 0 aromatic rings. The topological polar surface area (TPSA) is 12.0 Å². The molecule has 1 aliphatic rings. The molecule has 15 heavy (non-hydrogen) atoms. The normalized spacial score (nSPS) is 27.7. The van der Waals surface area contributed by atoms with E-state index < -0.39 is 0 Å². The Morgan fingerprint density at radius 1 is 1.40 bits per heavy atom. The maximum atomic E-state index is 5.48. The fourth-order valence-corrected chi connectivity index (χ4v) is 2.40. The van der Waals surface area contributed by atoms with Crippen LogP contribution >= 0.6 is 0 Å².